The van der Waals surface area contributed by atoms with Crippen molar-refractivity contribution in [2.75, 3.05) is 7.05 Å². The van der Waals surface area contributed by atoms with Crippen LogP contribution in [0.4, 0.5) is 0 Å². The minimum Gasteiger partial charge on any atom is -0.300 e. The highest BCUT2D eigenvalue weighted by atomic mass is 28.2. The fourth-order valence-corrected chi connectivity index (χ4v) is 3.06. The molecule has 0 saturated carbocycles. The van der Waals surface area contributed by atoms with E-state index in [9.17, 15) is 0 Å². The van der Waals surface area contributed by atoms with Crippen molar-refractivity contribution >= 4 is 9.52 Å². The Balaban J connectivity index is 2.28. The molecule has 9 heavy (non-hydrogen) atoms. The van der Waals surface area contributed by atoms with E-state index in [1.807, 2.05) is 7.05 Å². The Morgan fingerprint density at radius 1 is 1.78 bits per heavy atom. The summed E-state index contributed by atoms with van der Waals surface area (Å²) in [7, 11) is 1.97. The number of hydroxylamine groups is 1. The van der Waals surface area contributed by atoms with E-state index in [0.717, 1.165) is 0 Å². The molecule has 0 aliphatic carbocycles. The standard InChI is InChI=1S/C6H15NOSi/c1-3-6(8-7-2)4-5-9-6/h7H,3-5,9H2,1-2H3. The SMILES string of the molecule is CCC1(ONC)CC[SiH2]1. The summed E-state index contributed by atoms with van der Waals surface area (Å²) in [6, 6.07) is 1.47. The van der Waals surface area contributed by atoms with E-state index in [2.05, 4.69) is 12.4 Å². The van der Waals surface area contributed by atoms with Crippen molar-refractivity contribution in [2.45, 2.75) is 31.0 Å². The molecule has 1 unspecified atom stereocenters. The Kier molecular flexibility index (Phi) is 2.27. The summed E-state index contributed by atoms with van der Waals surface area (Å²) in [6.07, 6.45) is 2.48. The zero-order chi connectivity index (χ0) is 6.74. The predicted octanol–water partition coefficient (Wildman–Crippen LogP) is 0.234. The molecule has 1 N–H and O–H groups in total. The highest BCUT2D eigenvalue weighted by Gasteiger charge is 2.36. The topological polar surface area (TPSA) is 21.3 Å². The average Bonchev–Trinajstić information content (AvgIpc) is 1.79. The third-order valence-electron chi connectivity index (χ3n) is 2.23. The van der Waals surface area contributed by atoms with Gasteiger partial charge in [-0.2, -0.15) is 0 Å². The van der Waals surface area contributed by atoms with Gasteiger partial charge in [0.15, 0.2) is 0 Å². The Hall–Kier alpha value is 0.137. The minimum atomic E-state index is 0.116. The molecule has 0 spiro atoms. The Morgan fingerprint density at radius 3 is 2.56 bits per heavy atom. The monoisotopic (exact) mass is 145 g/mol. The van der Waals surface area contributed by atoms with Crippen molar-refractivity contribution in [3.63, 3.8) is 0 Å². The largest absolute Gasteiger partial charge is 0.300 e. The normalized spacial score (nSPS) is 36.7. The molecule has 1 atom stereocenters. The Morgan fingerprint density at radius 2 is 2.44 bits per heavy atom. The van der Waals surface area contributed by atoms with E-state index in [0.29, 0.717) is 5.22 Å². The molecule has 0 aromatic carbocycles. The molecule has 0 aromatic heterocycles. The molecule has 1 fully saturated rings. The Labute approximate surface area is 58.7 Å². The van der Waals surface area contributed by atoms with Crippen molar-refractivity contribution in [3.8, 4) is 0 Å². The second kappa shape index (κ2) is 2.81. The molecule has 1 saturated heterocycles. The van der Waals surface area contributed by atoms with Crippen molar-refractivity contribution in [2.24, 2.45) is 0 Å². The van der Waals surface area contributed by atoms with Gasteiger partial charge in [0.1, 0.15) is 0 Å². The van der Waals surface area contributed by atoms with Crippen molar-refractivity contribution < 1.29 is 4.84 Å². The van der Waals surface area contributed by atoms with Gasteiger partial charge in [-0.25, -0.2) is 5.48 Å². The van der Waals surface area contributed by atoms with Crippen LogP contribution in [0.25, 0.3) is 0 Å². The fourth-order valence-electron chi connectivity index (χ4n) is 1.32. The lowest BCUT2D eigenvalue weighted by Crippen LogP contribution is -2.49. The van der Waals surface area contributed by atoms with Gasteiger partial charge in [-0.1, -0.05) is 13.0 Å². The van der Waals surface area contributed by atoms with Crippen LogP contribution in [-0.2, 0) is 4.84 Å². The number of hydrogen-bond donors (Lipinski definition) is 1. The molecule has 1 heterocycles. The maximum Gasteiger partial charge on any atom is 0.0723 e. The quantitative estimate of drug-likeness (QED) is 0.453. The van der Waals surface area contributed by atoms with Gasteiger partial charge in [-0.05, 0) is 12.8 Å². The summed E-state index contributed by atoms with van der Waals surface area (Å²) in [5, 5.41) is 0.342. The molecular weight excluding hydrogens is 130 g/mol. The number of rotatable bonds is 3. The first kappa shape index (κ1) is 7.25. The summed E-state index contributed by atoms with van der Waals surface area (Å²) in [4.78, 5) is 5.43. The molecule has 3 heteroatoms. The van der Waals surface area contributed by atoms with Gasteiger partial charge in [-0.3, -0.25) is 4.84 Å². The zero-order valence-electron chi connectivity index (χ0n) is 6.24. The van der Waals surface area contributed by atoms with Gasteiger partial charge < -0.3 is 0 Å². The molecule has 54 valence electrons. The van der Waals surface area contributed by atoms with Crippen LogP contribution in [0.15, 0.2) is 0 Å². The second-order valence-electron chi connectivity index (χ2n) is 2.70. The molecule has 1 rings (SSSR count). The Bertz CT molecular complexity index is 87.5. The lowest BCUT2D eigenvalue weighted by atomic mass is 10.2. The van der Waals surface area contributed by atoms with Gasteiger partial charge in [0.05, 0.1) is 14.7 Å². The fraction of sp³-hybridized carbons (Fsp3) is 1.00. The van der Waals surface area contributed by atoms with Crippen LogP contribution in [0.3, 0.4) is 0 Å². The molecule has 0 amide bonds. The van der Waals surface area contributed by atoms with Crippen LogP contribution >= 0.6 is 0 Å². The molecule has 1 aliphatic heterocycles. The van der Waals surface area contributed by atoms with Crippen LogP contribution < -0.4 is 5.48 Å². The maximum atomic E-state index is 5.43. The molecule has 1 aliphatic rings. The number of nitrogens with one attached hydrogen (secondary N) is 1. The van der Waals surface area contributed by atoms with Gasteiger partial charge >= 0.3 is 0 Å². The van der Waals surface area contributed by atoms with Gasteiger partial charge in [0.2, 0.25) is 0 Å². The first-order chi connectivity index (χ1) is 4.33. The van der Waals surface area contributed by atoms with E-state index in [1.54, 1.807) is 0 Å². The van der Waals surface area contributed by atoms with Crippen molar-refractivity contribution in [1.29, 1.82) is 0 Å². The van der Waals surface area contributed by atoms with Gasteiger partial charge in [0.25, 0.3) is 0 Å². The van der Waals surface area contributed by atoms with Crippen LogP contribution in [0.2, 0.25) is 6.04 Å². The first-order valence-electron chi connectivity index (χ1n) is 3.68. The first-order valence-corrected chi connectivity index (χ1v) is 5.38. The van der Waals surface area contributed by atoms with E-state index >= 15 is 0 Å². The summed E-state index contributed by atoms with van der Waals surface area (Å²) in [5.74, 6) is 0. The van der Waals surface area contributed by atoms with Crippen LogP contribution in [0, 0.1) is 0 Å². The van der Waals surface area contributed by atoms with E-state index in [1.165, 1.54) is 18.9 Å². The van der Waals surface area contributed by atoms with Crippen molar-refractivity contribution in [3.05, 3.63) is 0 Å². The smallest absolute Gasteiger partial charge is 0.0723 e. The predicted molar refractivity (Wildman–Crippen MR) is 41.1 cm³/mol. The summed E-state index contributed by atoms with van der Waals surface area (Å²) >= 11 is 0. The summed E-state index contributed by atoms with van der Waals surface area (Å²) < 4.78 is 0. The zero-order valence-corrected chi connectivity index (χ0v) is 7.65. The minimum absolute atomic E-state index is 0.116. The van der Waals surface area contributed by atoms with Crippen molar-refractivity contribution in [1.82, 2.24) is 5.48 Å². The summed E-state index contributed by atoms with van der Waals surface area (Å²) in [5.41, 5.74) is 2.80. The van der Waals surface area contributed by atoms with Crippen LogP contribution in [-0.4, -0.2) is 21.8 Å². The number of hydrogen-bond acceptors (Lipinski definition) is 2. The van der Waals surface area contributed by atoms with E-state index in [-0.39, 0.29) is 9.52 Å². The molecule has 0 bridgehead atoms. The molecule has 2 nitrogen and oxygen atoms in total. The lowest BCUT2D eigenvalue weighted by Gasteiger charge is -2.39. The highest BCUT2D eigenvalue weighted by Crippen LogP contribution is 2.30. The molecular formula is C6H15NOSi. The third-order valence-corrected chi connectivity index (χ3v) is 4.84. The van der Waals surface area contributed by atoms with Gasteiger partial charge in [-0.15, -0.1) is 0 Å². The molecule has 0 radical (unpaired) electrons. The molecule has 0 aromatic rings. The van der Waals surface area contributed by atoms with Gasteiger partial charge in [0, 0.05) is 7.05 Å². The van der Waals surface area contributed by atoms with Crippen LogP contribution in [0.1, 0.15) is 19.8 Å². The van der Waals surface area contributed by atoms with E-state index in [4.69, 9.17) is 4.84 Å². The second-order valence-corrected chi connectivity index (χ2v) is 5.19. The highest BCUT2D eigenvalue weighted by molar-refractivity contribution is 6.43. The maximum absolute atomic E-state index is 5.43. The average molecular weight is 145 g/mol. The van der Waals surface area contributed by atoms with E-state index < -0.39 is 0 Å². The van der Waals surface area contributed by atoms with Crippen LogP contribution in [0.5, 0.6) is 0 Å². The lowest BCUT2D eigenvalue weighted by molar-refractivity contribution is -0.0607. The summed E-state index contributed by atoms with van der Waals surface area (Å²) in [6.45, 7) is 2.21. The third kappa shape index (κ3) is 1.34.